The predicted molar refractivity (Wildman–Crippen MR) is 59.6 cm³/mol. The number of likely N-dealkylation sites (tertiary alicyclic amines) is 1. The van der Waals surface area contributed by atoms with Gasteiger partial charge in [0.2, 0.25) is 5.91 Å². The van der Waals surface area contributed by atoms with Crippen molar-refractivity contribution in [3.63, 3.8) is 0 Å². The summed E-state index contributed by atoms with van der Waals surface area (Å²) in [6, 6.07) is 0. The molecule has 1 aliphatic rings. The standard InChI is InChI=1S/C11H22N2O2/c1-3-12(4-2)5-6-13-8-10(9-14)7-11(13)15/h10,14H,3-9H2,1-2H3. The lowest BCUT2D eigenvalue weighted by atomic mass is 10.1. The van der Waals surface area contributed by atoms with E-state index in [1.165, 1.54) is 0 Å². The van der Waals surface area contributed by atoms with E-state index in [1.54, 1.807) is 0 Å². The van der Waals surface area contributed by atoms with Crippen LogP contribution in [0.3, 0.4) is 0 Å². The number of likely N-dealkylation sites (N-methyl/N-ethyl adjacent to an activating group) is 1. The maximum Gasteiger partial charge on any atom is 0.223 e. The van der Waals surface area contributed by atoms with E-state index in [-0.39, 0.29) is 18.4 Å². The van der Waals surface area contributed by atoms with E-state index in [9.17, 15) is 4.79 Å². The molecule has 15 heavy (non-hydrogen) atoms. The van der Waals surface area contributed by atoms with Crippen molar-refractivity contribution >= 4 is 5.91 Å². The summed E-state index contributed by atoms with van der Waals surface area (Å²) in [5.41, 5.74) is 0. The van der Waals surface area contributed by atoms with Gasteiger partial charge in [0.15, 0.2) is 0 Å². The van der Waals surface area contributed by atoms with Crippen molar-refractivity contribution in [2.75, 3.05) is 39.3 Å². The molecule has 0 radical (unpaired) electrons. The van der Waals surface area contributed by atoms with E-state index in [2.05, 4.69) is 18.7 Å². The van der Waals surface area contributed by atoms with E-state index in [1.807, 2.05) is 4.90 Å². The summed E-state index contributed by atoms with van der Waals surface area (Å²) in [6.45, 7) is 8.93. The van der Waals surface area contributed by atoms with Gasteiger partial charge in [0.25, 0.3) is 0 Å². The molecule has 1 atom stereocenters. The molecule has 1 amide bonds. The molecule has 0 bridgehead atoms. The molecular formula is C11H22N2O2. The number of aliphatic hydroxyl groups excluding tert-OH is 1. The van der Waals surface area contributed by atoms with E-state index in [0.717, 1.165) is 32.7 Å². The third-order valence-corrected chi connectivity index (χ3v) is 3.13. The Morgan fingerprint density at radius 2 is 2.13 bits per heavy atom. The Morgan fingerprint density at radius 3 is 2.60 bits per heavy atom. The smallest absolute Gasteiger partial charge is 0.223 e. The molecule has 1 heterocycles. The summed E-state index contributed by atoms with van der Waals surface area (Å²) in [5.74, 6) is 0.357. The van der Waals surface area contributed by atoms with Gasteiger partial charge in [0, 0.05) is 38.6 Å². The molecule has 0 spiro atoms. The van der Waals surface area contributed by atoms with Gasteiger partial charge in [-0.1, -0.05) is 13.8 Å². The minimum Gasteiger partial charge on any atom is -0.396 e. The molecule has 1 N–H and O–H groups in total. The molecule has 1 saturated heterocycles. The van der Waals surface area contributed by atoms with Crippen LogP contribution in [0.5, 0.6) is 0 Å². The fourth-order valence-corrected chi connectivity index (χ4v) is 1.99. The van der Waals surface area contributed by atoms with Gasteiger partial charge in [0.1, 0.15) is 0 Å². The Balaban J connectivity index is 2.30. The molecule has 0 aliphatic carbocycles. The molecule has 1 fully saturated rings. The zero-order valence-corrected chi connectivity index (χ0v) is 9.78. The van der Waals surface area contributed by atoms with Gasteiger partial charge < -0.3 is 14.9 Å². The van der Waals surface area contributed by atoms with Crippen LogP contribution in [0.4, 0.5) is 0 Å². The zero-order valence-electron chi connectivity index (χ0n) is 9.78. The summed E-state index contributed by atoms with van der Waals surface area (Å²) in [5, 5.41) is 8.98. The van der Waals surface area contributed by atoms with Crippen LogP contribution in [0.25, 0.3) is 0 Å². The number of carbonyl (C=O) groups excluding carboxylic acids is 1. The number of hydrogen-bond acceptors (Lipinski definition) is 3. The van der Waals surface area contributed by atoms with Crippen molar-refractivity contribution in [2.45, 2.75) is 20.3 Å². The SMILES string of the molecule is CCN(CC)CCN1CC(CO)CC1=O. The van der Waals surface area contributed by atoms with Gasteiger partial charge in [-0.15, -0.1) is 0 Å². The van der Waals surface area contributed by atoms with Crippen LogP contribution in [0, 0.1) is 5.92 Å². The Hall–Kier alpha value is -0.610. The average molecular weight is 214 g/mol. The lowest BCUT2D eigenvalue weighted by Crippen LogP contribution is -2.36. The normalized spacial score (nSPS) is 21.7. The number of amides is 1. The van der Waals surface area contributed by atoms with E-state index >= 15 is 0 Å². The van der Waals surface area contributed by atoms with Crippen molar-refractivity contribution in [1.82, 2.24) is 9.80 Å². The summed E-state index contributed by atoms with van der Waals surface area (Å²) >= 11 is 0. The first-order valence-corrected chi connectivity index (χ1v) is 5.82. The van der Waals surface area contributed by atoms with Crippen molar-refractivity contribution in [2.24, 2.45) is 5.92 Å². The first-order chi connectivity index (χ1) is 7.21. The van der Waals surface area contributed by atoms with E-state index in [0.29, 0.717) is 6.42 Å². The third-order valence-electron chi connectivity index (χ3n) is 3.13. The molecule has 4 nitrogen and oxygen atoms in total. The largest absolute Gasteiger partial charge is 0.396 e. The zero-order chi connectivity index (χ0) is 11.3. The first kappa shape index (κ1) is 12.5. The Labute approximate surface area is 91.9 Å². The van der Waals surface area contributed by atoms with Crippen molar-refractivity contribution in [3.8, 4) is 0 Å². The van der Waals surface area contributed by atoms with Crippen LogP contribution < -0.4 is 0 Å². The summed E-state index contributed by atoms with van der Waals surface area (Å²) < 4.78 is 0. The van der Waals surface area contributed by atoms with Gasteiger partial charge in [-0.3, -0.25) is 4.79 Å². The van der Waals surface area contributed by atoms with Crippen LogP contribution in [-0.2, 0) is 4.79 Å². The lowest BCUT2D eigenvalue weighted by molar-refractivity contribution is -0.127. The van der Waals surface area contributed by atoms with Crippen molar-refractivity contribution in [1.29, 1.82) is 0 Å². The van der Waals surface area contributed by atoms with Crippen molar-refractivity contribution in [3.05, 3.63) is 0 Å². The van der Waals surface area contributed by atoms with Gasteiger partial charge in [-0.2, -0.15) is 0 Å². The molecule has 1 aliphatic heterocycles. The molecule has 0 aromatic carbocycles. The van der Waals surface area contributed by atoms with E-state index < -0.39 is 0 Å². The van der Waals surface area contributed by atoms with Gasteiger partial charge in [-0.05, 0) is 13.1 Å². The predicted octanol–water partition coefficient (Wildman–Crippen LogP) is 0.169. The number of nitrogens with zero attached hydrogens (tertiary/aromatic N) is 2. The van der Waals surface area contributed by atoms with Gasteiger partial charge in [-0.25, -0.2) is 0 Å². The second kappa shape index (κ2) is 6.08. The lowest BCUT2D eigenvalue weighted by Gasteiger charge is -2.22. The fourth-order valence-electron chi connectivity index (χ4n) is 1.99. The molecule has 4 heteroatoms. The first-order valence-electron chi connectivity index (χ1n) is 5.82. The second-order valence-corrected chi connectivity index (χ2v) is 4.12. The molecule has 0 aromatic rings. The minimum absolute atomic E-state index is 0.132. The number of carbonyl (C=O) groups is 1. The van der Waals surface area contributed by atoms with Gasteiger partial charge >= 0.3 is 0 Å². The number of aliphatic hydroxyl groups is 1. The van der Waals surface area contributed by atoms with Crippen LogP contribution in [0.1, 0.15) is 20.3 Å². The van der Waals surface area contributed by atoms with Crippen LogP contribution in [0.2, 0.25) is 0 Å². The second-order valence-electron chi connectivity index (χ2n) is 4.12. The Morgan fingerprint density at radius 1 is 1.47 bits per heavy atom. The maximum absolute atomic E-state index is 11.5. The highest BCUT2D eigenvalue weighted by atomic mass is 16.3. The van der Waals surface area contributed by atoms with Crippen LogP contribution in [0.15, 0.2) is 0 Å². The number of rotatable bonds is 6. The van der Waals surface area contributed by atoms with Gasteiger partial charge in [0.05, 0.1) is 0 Å². The monoisotopic (exact) mass is 214 g/mol. The topological polar surface area (TPSA) is 43.8 Å². The highest BCUT2D eigenvalue weighted by molar-refractivity contribution is 5.78. The molecule has 88 valence electrons. The maximum atomic E-state index is 11.5. The Bertz CT molecular complexity index is 205. The summed E-state index contributed by atoms with van der Waals surface area (Å²) in [7, 11) is 0. The highest BCUT2D eigenvalue weighted by Crippen LogP contribution is 2.16. The molecule has 0 saturated carbocycles. The Kier molecular flexibility index (Phi) is 5.05. The molecular weight excluding hydrogens is 192 g/mol. The molecule has 1 unspecified atom stereocenters. The van der Waals surface area contributed by atoms with Crippen molar-refractivity contribution < 1.29 is 9.90 Å². The summed E-state index contributed by atoms with van der Waals surface area (Å²) in [4.78, 5) is 15.7. The van der Waals surface area contributed by atoms with Crippen LogP contribution in [-0.4, -0.2) is 60.1 Å². The molecule has 0 aromatic heterocycles. The highest BCUT2D eigenvalue weighted by Gasteiger charge is 2.28. The quantitative estimate of drug-likeness (QED) is 0.685. The fraction of sp³-hybridized carbons (Fsp3) is 0.909. The number of hydrogen-bond donors (Lipinski definition) is 1. The van der Waals surface area contributed by atoms with E-state index in [4.69, 9.17) is 5.11 Å². The average Bonchev–Trinajstić information content (AvgIpc) is 2.61. The minimum atomic E-state index is 0.132. The molecule has 1 rings (SSSR count). The van der Waals surface area contributed by atoms with Crippen LogP contribution >= 0.6 is 0 Å². The summed E-state index contributed by atoms with van der Waals surface area (Å²) in [6.07, 6.45) is 0.523. The third kappa shape index (κ3) is 3.47.